The molecule has 4 rings (SSSR count). The molecular weight excluding hydrogens is 353 g/mol. The molecule has 0 amide bonds. The number of benzene rings is 1. The van der Waals surface area contributed by atoms with Gasteiger partial charge in [0.15, 0.2) is 0 Å². The number of hydrogen-bond donors (Lipinski definition) is 0. The molecule has 1 aliphatic carbocycles. The third-order valence-corrected chi connectivity index (χ3v) is 6.95. The smallest absolute Gasteiger partial charge is 0.465 e. The van der Waals surface area contributed by atoms with Crippen LogP contribution in [-0.2, 0) is 21.1 Å². The van der Waals surface area contributed by atoms with Crippen molar-refractivity contribution in [3.05, 3.63) is 29.3 Å². The van der Waals surface area contributed by atoms with Gasteiger partial charge in [0, 0.05) is 18.0 Å². The maximum absolute atomic E-state index is 12.1. The molecule has 1 saturated heterocycles. The van der Waals surface area contributed by atoms with Gasteiger partial charge in [-0.3, -0.25) is 0 Å². The minimum Gasteiger partial charge on any atom is -0.465 e. The van der Waals surface area contributed by atoms with E-state index < -0.39 is 18.3 Å². The Kier molecular flexibility index (Phi) is 4.63. The number of rotatable bonds is 3. The molecular formula is C22H30BNO4. The largest absolute Gasteiger partial charge is 0.512 e. The van der Waals surface area contributed by atoms with Crippen LogP contribution in [0.3, 0.4) is 0 Å². The van der Waals surface area contributed by atoms with E-state index in [1.54, 1.807) is 0 Å². The number of nitrogens with zero attached hydrogens (tertiary/aromatic N) is 1. The van der Waals surface area contributed by atoms with Crippen LogP contribution < -0.4 is 5.59 Å². The van der Waals surface area contributed by atoms with Crippen molar-refractivity contribution in [3.8, 4) is 0 Å². The second kappa shape index (κ2) is 6.63. The highest BCUT2D eigenvalue weighted by atomic mass is 16.7. The van der Waals surface area contributed by atoms with Gasteiger partial charge >= 0.3 is 13.1 Å². The summed E-state index contributed by atoms with van der Waals surface area (Å²) in [6.45, 7) is 8.33. The number of methoxy groups -OCH3 is 1. The maximum Gasteiger partial charge on any atom is 0.512 e. The number of carbonyl (C=O) groups is 1. The molecule has 2 aliphatic rings. The van der Waals surface area contributed by atoms with Gasteiger partial charge in [-0.1, -0.05) is 18.9 Å². The van der Waals surface area contributed by atoms with E-state index in [1.807, 2.05) is 19.2 Å². The van der Waals surface area contributed by atoms with Crippen LogP contribution in [-0.4, -0.2) is 36.0 Å². The molecule has 1 aliphatic heterocycles. The van der Waals surface area contributed by atoms with Crippen LogP contribution in [0.5, 0.6) is 0 Å². The second-order valence-corrected chi connectivity index (χ2v) is 9.15. The summed E-state index contributed by atoms with van der Waals surface area (Å²) in [6.07, 6.45) is 4.88. The van der Waals surface area contributed by atoms with Gasteiger partial charge < -0.3 is 18.6 Å². The number of fused-ring (bicyclic) bond motifs is 1. The monoisotopic (exact) mass is 383 g/mol. The molecule has 6 heteroatoms. The quantitative estimate of drug-likeness (QED) is 0.596. The molecule has 150 valence electrons. The zero-order valence-electron chi connectivity index (χ0n) is 17.8. The fourth-order valence-electron chi connectivity index (χ4n) is 4.61. The Morgan fingerprint density at radius 2 is 1.75 bits per heavy atom. The predicted octanol–water partition coefficient (Wildman–Crippen LogP) is 3.92. The summed E-state index contributed by atoms with van der Waals surface area (Å²) in [5.74, 6) is 0.185. The first-order valence-electron chi connectivity index (χ1n) is 10.2. The molecule has 0 spiro atoms. The fraction of sp³-hybridized carbons (Fsp3) is 0.591. The van der Waals surface area contributed by atoms with Crippen LogP contribution in [0.15, 0.2) is 18.2 Å². The molecule has 1 aromatic heterocycles. The number of esters is 1. The van der Waals surface area contributed by atoms with Crippen molar-refractivity contribution in [2.45, 2.75) is 70.5 Å². The normalized spacial score (nSPS) is 21.6. The molecule has 0 unspecified atom stereocenters. The average Bonchev–Trinajstić information content (AvgIpc) is 3.30. The third kappa shape index (κ3) is 2.89. The molecule has 5 nitrogen and oxygen atoms in total. The van der Waals surface area contributed by atoms with Gasteiger partial charge in [-0.25, -0.2) is 4.79 Å². The summed E-state index contributed by atoms with van der Waals surface area (Å²) in [5, 5.41) is 1.19. The Morgan fingerprint density at radius 3 is 2.32 bits per heavy atom. The first kappa shape index (κ1) is 19.5. The van der Waals surface area contributed by atoms with Crippen molar-refractivity contribution < 1.29 is 18.8 Å². The highest BCUT2D eigenvalue weighted by Crippen LogP contribution is 2.41. The summed E-state index contributed by atoms with van der Waals surface area (Å²) in [7, 11) is 3.04. The Hall–Kier alpha value is -1.79. The van der Waals surface area contributed by atoms with Crippen LogP contribution >= 0.6 is 0 Å². The van der Waals surface area contributed by atoms with Crippen molar-refractivity contribution >= 4 is 29.6 Å². The summed E-state index contributed by atoms with van der Waals surface area (Å²) < 4.78 is 19.9. The average molecular weight is 383 g/mol. The number of hydrogen-bond acceptors (Lipinski definition) is 4. The van der Waals surface area contributed by atoms with Gasteiger partial charge in [0.25, 0.3) is 0 Å². The number of aromatic nitrogens is 1. The second-order valence-electron chi connectivity index (χ2n) is 9.15. The van der Waals surface area contributed by atoms with E-state index in [9.17, 15) is 4.79 Å². The van der Waals surface area contributed by atoms with E-state index in [-0.39, 0.29) is 5.97 Å². The van der Waals surface area contributed by atoms with E-state index in [0.717, 1.165) is 11.1 Å². The fourth-order valence-corrected chi connectivity index (χ4v) is 4.61. The first-order chi connectivity index (χ1) is 13.2. The predicted molar refractivity (Wildman–Crippen MR) is 111 cm³/mol. The third-order valence-electron chi connectivity index (χ3n) is 6.95. The zero-order chi connectivity index (χ0) is 20.3. The molecule has 1 saturated carbocycles. The lowest BCUT2D eigenvalue weighted by Crippen LogP contribution is -2.41. The molecule has 2 aromatic rings. The van der Waals surface area contributed by atoms with Crippen molar-refractivity contribution in [2.24, 2.45) is 7.05 Å². The molecule has 0 N–H and O–H groups in total. The summed E-state index contributed by atoms with van der Waals surface area (Å²) in [4.78, 5) is 12.1. The molecule has 1 aromatic carbocycles. The van der Waals surface area contributed by atoms with Crippen molar-refractivity contribution in [2.75, 3.05) is 7.11 Å². The van der Waals surface area contributed by atoms with Crippen LogP contribution in [0, 0.1) is 0 Å². The van der Waals surface area contributed by atoms with Gasteiger partial charge in [-0.2, -0.15) is 0 Å². The minimum absolute atomic E-state index is 0.317. The number of ether oxygens (including phenoxy) is 1. The summed E-state index contributed by atoms with van der Waals surface area (Å²) in [5.41, 5.74) is 3.22. The highest BCUT2D eigenvalue weighted by Gasteiger charge is 2.53. The lowest BCUT2D eigenvalue weighted by Gasteiger charge is -2.32. The van der Waals surface area contributed by atoms with Crippen molar-refractivity contribution in [1.82, 2.24) is 4.57 Å². The molecule has 2 heterocycles. The van der Waals surface area contributed by atoms with Crippen LogP contribution in [0.4, 0.5) is 0 Å². The van der Waals surface area contributed by atoms with Gasteiger partial charge in [0.05, 0.1) is 29.5 Å². The van der Waals surface area contributed by atoms with Crippen LogP contribution in [0.2, 0.25) is 0 Å². The lowest BCUT2D eigenvalue weighted by molar-refractivity contribution is 0.00578. The van der Waals surface area contributed by atoms with Crippen LogP contribution in [0.25, 0.3) is 10.9 Å². The standard InChI is InChI=1S/C22H30BNO4/c1-21(2)22(3,4)28-23(27-21)19-18(14-9-7-8-10-14)16-12-11-15(20(25)26-6)13-17(16)24(19)5/h11-14H,7-10H2,1-6H3. The number of aryl methyl sites for hydroxylation is 1. The zero-order valence-corrected chi connectivity index (χ0v) is 17.8. The number of carbonyl (C=O) groups excluding carboxylic acids is 1. The topological polar surface area (TPSA) is 49.7 Å². The van der Waals surface area contributed by atoms with Gasteiger partial charge in [0.2, 0.25) is 0 Å². The highest BCUT2D eigenvalue weighted by molar-refractivity contribution is 6.62. The minimum atomic E-state index is -0.417. The Labute approximate surface area is 167 Å². The summed E-state index contributed by atoms with van der Waals surface area (Å²) in [6, 6.07) is 5.85. The van der Waals surface area contributed by atoms with E-state index >= 15 is 0 Å². The van der Waals surface area contributed by atoms with Gasteiger partial charge in [-0.05, 0) is 64.2 Å². The van der Waals surface area contributed by atoms with Crippen LogP contribution in [0.1, 0.15) is 75.2 Å². The molecule has 0 radical (unpaired) electrons. The summed E-state index contributed by atoms with van der Waals surface area (Å²) >= 11 is 0. The van der Waals surface area contributed by atoms with E-state index in [1.165, 1.54) is 43.7 Å². The van der Waals surface area contributed by atoms with Gasteiger partial charge in [0.1, 0.15) is 0 Å². The Balaban J connectivity index is 1.90. The Bertz CT molecular complexity index is 908. The van der Waals surface area contributed by atoms with Crippen molar-refractivity contribution in [3.63, 3.8) is 0 Å². The van der Waals surface area contributed by atoms with E-state index in [0.29, 0.717) is 11.5 Å². The van der Waals surface area contributed by atoms with Crippen molar-refractivity contribution in [1.29, 1.82) is 0 Å². The molecule has 0 atom stereocenters. The molecule has 0 bridgehead atoms. The maximum atomic E-state index is 12.1. The lowest BCUT2D eigenvalue weighted by atomic mass is 9.77. The van der Waals surface area contributed by atoms with Gasteiger partial charge in [-0.15, -0.1) is 0 Å². The SMILES string of the molecule is COC(=O)c1ccc2c(C3CCCC3)c(B3OC(C)(C)C(C)(C)O3)n(C)c2c1. The van der Waals surface area contributed by atoms with E-state index in [4.69, 9.17) is 14.0 Å². The first-order valence-corrected chi connectivity index (χ1v) is 10.2. The molecule has 28 heavy (non-hydrogen) atoms. The Morgan fingerprint density at radius 1 is 1.14 bits per heavy atom. The van der Waals surface area contributed by atoms with E-state index in [2.05, 4.69) is 38.3 Å². The molecule has 2 fully saturated rings.